The Balaban J connectivity index is 1.37. The minimum Gasteiger partial charge on any atom is -0.494 e. The van der Waals surface area contributed by atoms with E-state index in [4.69, 9.17) is 18.9 Å². The van der Waals surface area contributed by atoms with Crippen LogP contribution in [0.5, 0.6) is 23.0 Å². The molecule has 0 unspecified atom stereocenters. The zero-order valence-corrected chi connectivity index (χ0v) is 26.8. The van der Waals surface area contributed by atoms with Gasteiger partial charge in [0.1, 0.15) is 30.0 Å². The largest absolute Gasteiger partial charge is 0.494 e. The smallest absolute Gasteiger partial charge is 0.182 e. The number of fused-ring (bicyclic) bond motifs is 1. The summed E-state index contributed by atoms with van der Waals surface area (Å²) in [6.45, 7) is 12.9. The van der Waals surface area contributed by atoms with Gasteiger partial charge in [-0.15, -0.1) is 11.8 Å². The van der Waals surface area contributed by atoms with Gasteiger partial charge in [-0.25, -0.2) is 4.39 Å². The number of rotatable bonds is 14. The van der Waals surface area contributed by atoms with Gasteiger partial charge in [-0.3, -0.25) is 4.90 Å². The van der Waals surface area contributed by atoms with E-state index in [1.807, 2.05) is 30.3 Å². The van der Waals surface area contributed by atoms with E-state index in [9.17, 15) is 0 Å². The number of hydrogen-bond donors (Lipinski definition) is 0. The van der Waals surface area contributed by atoms with E-state index in [0.29, 0.717) is 36.5 Å². The summed E-state index contributed by atoms with van der Waals surface area (Å²) >= 11 is 1.49. The van der Waals surface area contributed by atoms with Gasteiger partial charge in [0, 0.05) is 12.6 Å². The van der Waals surface area contributed by atoms with Crippen molar-refractivity contribution in [2.24, 2.45) is 5.92 Å². The third-order valence-electron chi connectivity index (χ3n) is 8.29. The van der Waals surface area contributed by atoms with E-state index in [0.717, 1.165) is 67.3 Å². The zero-order chi connectivity index (χ0) is 30.2. The molecule has 232 valence electrons. The van der Waals surface area contributed by atoms with E-state index < -0.39 is 0 Å². The van der Waals surface area contributed by atoms with E-state index >= 15 is 4.39 Å². The lowest BCUT2D eigenvalue weighted by molar-refractivity contribution is 0.168. The Bertz CT molecular complexity index is 1320. The highest BCUT2D eigenvalue weighted by atomic mass is 32.2. The summed E-state index contributed by atoms with van der Waals surface area (Å²) in [5.41, 5.74) is 2.04. The lowest BCUT2D eigenvalue weighted by Gasteiger charge is -2.34. The van der Waals surface area contributed by atoms with Gasteiger partial charge < -0.3 is 18.9 Å². The molecule has 1 saturated heterocycles. The van der Waals surface area contributed by atoms with Gasteiger partial charge in [-0.05, 0) is 86.2 Å². The van der Waals surface area contributed by atoms with Crippen molar-refractivity contribution in [1.82, 2.24) is 4.90 Å². The van der Waals surface area contributed by atoms with Crippen LogP contribution in [0.4, 0.5) is 4.39 Å². The predicted molar refractivity (Wildman–Crippen MR) is 172 cm³/mol. The number of halogens is 1. The molecule has 1 fully saturated rings. The molecule has 3 aromatic rings. The Morgan fingerprint density at radius 3 is 2.42 bits per heavy atom. The van der Waals surface area contributed by atoms with Crippen molar-refractivity contribution in [3.63, 3.8) is 0 Å². The Hall–Kier alpha value is -2.90. The molecule has 2 aliphatic rings. The summed E-state index contributed by atoms with van der Waals surface area (Å²) in [6, 6.07) is 20.2. The van der Waals surface area contributed by atoms with Crippen molar-refractivity contribution >= 4 is 11.8 Å². The lowest BCUT2D eigenvalue weighted by Crippen LogP contribution is -2.35. The van der Waals surface area contributed by atoms with Crippen LogP contribution < -0.4 is 18.9 Å². The molecule has 0 aromatic heterocycles. The summed E-state index contributed by atoms with van der Waals surface area (Å²) in [4.78, 5) is 2.99. The molecule has 0 saturated carbocycles. The molecule has 0 bridgehead atoms. The van der Waals surface area contributed by atoms with Crippen LogP contribution in [0.2, 0.25) is 0 Å². The lowest BCUT2D eigenvalue weighted by atomic mass is 9.99. The van der Waals surface area contributed by atoms with Crippen molar-refractivity contribution in [3.8, 4) is 23.0 Å². The van der Waals surface area contributed by atoms with Gasteiger partial charge >= 0.3 is 0 Å². The first-order chi connectivity index (χ1) is 21.0. The molecule has 2 heterocycles. The highest BCUT2D eigenvalue weighted by molar-refractivity contribution is 7.99. The molecule has 2 aliphatic heterocycles. The minimum atomic E-state index is -0.359. The summed E-state index contributed by atoms with van der Waals surface area (Å²) in [6.07, 6.45) is 4.87. The van der Waals surface area contributed by atoms with Crippen LogP contribution in [-0.4, -0.2) is 43.9 Å². The third-order valence-corrected chi connectivity index (χ3v) is 9.68. The average molecular weight is 608 g/mol. The van der Waals surface area contributed by atoms with Crippen molar-refractivity contribution in [3.05, 3.63) is 77.6 Å². The summed E-state index contributed by atoms with van der Waals surface area (Å²) in [5.74, 6) is 2.87. The van der Waals surface area contributed by atoms with Gasteiger partial charge in [0.2, 0.25) is 0 Å². The first-order valence-corrected chi connectivity index (χ1v) is 16.8. The number of likely N-dealkylation sites (tertiary alicyclic amines) is 1. The van der Waals surface area contributed by atoms with Crippen molar-refractivity contribution < 1.29 is 23.3 Å². The molecule has 0 radical (unpaired) electrons. The molecule has 0 amide bonds. The van der Waals surface area contributed by atoms with E-state index in [1.54, 1.807) is 6.07 Å². The van der Waals surface area contributed by atoms with Crippen molar-refractivity contribution in [2.75, 3.05) is 32.9 Å². The van der Waals surface area contributed by atoms with Crippen molar-refractivity contribution in [1.29, 1.82) is 0 Å². The Morgan fingerprint density at radius 1 is 0.930 bits per heavy atom. The normalized spacial score (nSPS) is 20.7. The van der Waals surface area contributed by atoms with E-state index in [2.05, 4.69) is 56.9 Å². The van der Waals surface area contributed by atoms with Crippen molar-refractivity contribution in [2.45, 2.75) is 82.1 Å². The minimum absolute atomic E-state index is 0.188. The summed E-state index contributed by atoms with van der Waals surface area (Å²) in [7, 11) is 0. The molecule has 3 aromatic carbocycles. The molecule has 0 spiro atoms. The van der Waals surface area contributed by atoms with Crippen LogP contribution >= 0.6 is 11.8 Å². The molecule has 43 heavy (non-hydrogen) atoms. The fourth-order valence-corrected chi connectivity index (χ4v) is 6.90. The SMILES string of the molecule is CCCCOc1cccc([C@H]2Sc3c(ccc(OCCCC)c3F)O[C@H]2c2ccc(OC[C@H](C)N3CC[C@@H](C)C3)cc2)c1. The van der Waals surface area contributed by atoms with Gasteiger partial charge in [0.15, 0.2) is 11.6 Å². The number of thioether (sulfide) groups is 1. The second-order valence-electron chi connectivity index (χ2n) is 11.9. The summed E-state index contributed by atoms with van der Waals surface area (Å²) < 4.78 is 40.3. The van der Waals surface area contributed by atoms with Crippen LogP contribution in [0.25, 0.3) is 0 Å². The number of ether oxygens (including phenoxy) is 4. The Labute approximate surface area is 261 Å². The summed E-state index contributed by atoms with van der Waals surface area (Å²) in [5, 5.41) is -0.188. The first kappa shape index (κ1) is 31.5. The maximum atomic E-state index is 15.8. The molecular formula is C36H46FNO4S. The van der Waals surface area contributed by atoms with E-state index in [-0.39, 0.29) is 22.9 Å². The van der Waals surface area contributed by atoms with Gasteiger partial charge in [-0.2, -0.15) is 0 Å². The monoisotopic (exact) mass is 607 g/mol. The second kappa shape index (κ2) is 15.2. The maximum absolute atomic E-state index is 15.8. The van der Waals surface area contributed by atoms with Crippen LogP contribution in [0, 0.1) is 11.7 Å². The molecule has 5 nitrogen and oxygen atoms in total. The molecule has 0 N–H and O–H groups in total. The Morgan fingerprint density at radius 2 is 1.70 bits per heavy atom. The van der Waals surface area contributed by atoms with Crippen LogP contribution in [0.3, 0.4) is 0 Å². The molecule has 0 aliphatic carbocycles. The fraction of sp³-hybridized carbons (Fsp3) is 0.500. The quantitative estimate of drug-likeness (QED) is 0.170. The second-order valence-corrected chi connectivity index (χ2v) is 13.0. The zero-order valence-electron chi connectivity index (χ0n) is 26.0. The number of benzene rings is 3. The maximum Gasteiger partial charge on any atom is 0.182 e. The van der Waals surface area contributed by atoms with Crippen LogP contribution in [0.1, 0.15) is 82.3 Å². The highest BCUT2D eigenvalue weighted by Gasteiger charge is 2.36. The number of nitrogens with zero attached hydrogens (tertiary/aromatic N) is 1. The fourth-order valence-electron chi connectivity index (χ4n) is 5.59. The Kier molecular flexibility index (Phi) is 11.1. The van der Waals surface area contributed by atoms with Crippen LogP contribution in [0.15, 0.2) is 65.6 Å². The predicted octanol–water partition coefficient (Wildman–Crippen LogP) is 9.26. The molecule has 5 rings (SSSR count). The molecule has 7 heteroatoms. The average Bonchev–Trinajstić information content (AvgIpc) is 3.47. The third kappa shape index (κ3) is 7.98. The molecular weight excluding hydrogens is 561 g/mol. The highest BCUT2D eigenvalue weighted by Crippen LogP contribution is 2.55. The number of unbranched alkanes of at least 4 members (excludes halogenated alkanes) is 2. The van der Waals surface area contributed by atoms with Crippen LogP contribution in [-0.2, 0) is 0 Å². The number of hydrogen-bond acceptors (Lipinski definition) is 6. The molecule has 4 atom stereocenters. The van der Waals surface area contributed by atoms with Gasteiger partial charge in [0.05, 0.1) is 23.4 Å². The standard InChI is InChI=1S/C36H46FNO4S/c1-5-7-20-39-30-11-9-10-28(22-30)35-34(42-32-17-16-31(40-21-8-6-2)33(37)36(32)43-35)27-12-14-29(15-13-27)41-24-26(4)38-19-18-25(3)23-38/h9-17,22,25-26,34-35H,5-8,18-21,23-24H2,1-4H3/t25-,26+,34+,35-/m1/s1. The van der Waals surface area contributed by atoms with Gasteiger partial charge in [0.25, 0.3) is 0 Å². The van der Waals surface area contributed by atoms with Gasteiger partial charge in [-0.1, -0.05) is 57.9 Å². The van der Waals surface area contributed by atoms with E-state index in [1.165, 1.54) is 18.2 Å². The first-order valence-electron chi connectivity index (χ1n) is 15.9. The topological polar surface area (TPSA) is 40.2 Å².